The Morgan fingerprint density at radius 3 is 2.38 bits per heavy atom. The molecule has 0 aromatic heterocycles. The molecule has 21 heavy (non-hydrogen) atoms. The first-order valence-corrected chi connectivity index (χ1v) is 6.95. The Morgan fingerprint density at radius 1 is 1.33 bits per heavy atom. The molecule has 0 saturated heterocycles. The van der Waals surface area contributed by atoms with E-state index in [-0.39, 0.29) is 22.7 Å². The summed E-state index contributed by atoms with van der Waals surface area (Å²) in [5.41, 5.74) is 3.67. The Bertz CT molecular complexity index is 504. The summed E-state index contributed by atoms with van der Waals surface area (Å²) >= 11 is 5.73. The van der Waals surface area contributed by atoms with E-state index < -0.39 is 23.5 Å². The van der Waals surface area contributed by atoms with E-state index in [1.807, 2.05) is 20.8 Å². The number of hydrogen-bond acceptors (Lipinski definition) is 3. The average molecular weight is 325 g/mol. The van der Waals surface area contributed by atoms with Gasteiger partial charge in [0.2, 0.25) is 0 Å². The van der Waals surface area contributed by atoms with Crippen LogP contribution in [0.3, 0.4) is 0 Å². The van der Waals surface area contributed by atoms with Crippen LogP contribution in [-0.4, -0.2) is 17.2 Å². The third kappa shape index (κ3) is 4.76. The highest BCUT2D eigenvalue weighted by Crippen LogP contribution is 2.38. The van der Waals surface area contributed by atoms with Crippen molar-refractivity contribution in [3.05, 3.63) is 28.3 Å². The maximum atomic E-state index is 12.9. The molecule has 0 spiro atoms. The summed E-state index contributed by atoms with van der Waals surface area (Å²) in [6.07, 6.45) is -4.90. The van der Waals surface area contributed by atoms with Crippen molar-refractivity contribution >= 4 is 17.3 Å². The highest BCUT2D eigenvalue weighted by molar-refractivity contribution is 6.33. The minimum absolute atomic E-state index is 0.0842. The summed E-state index contributed by atoms with van der Waals surface area (Å²) in [5.74, 6) is 0. The SMILES string of the molecule is CCC(C)(C)NC[C@H](O)c1cc(Cl)c(N)c(C(F)(F)F)c1. The molecule has 1 atom stereocenters. The molecule has 0 fully saturated rings. The van der Waals surface area contributed by atoms with Crippen molar-refractivity contribution in [1.29, 1.82) is 0 Å². The van der Waals surface area contributed by atoms with Crippen LogP contribution in [0.25, 0.3) is 0 Å². The standard InChI is InChI=1S/C14H20ClF3N2O/c1-4-13(2,3)20-7-11(21)8-5-9(14(16,17)18)12(19)10(15)6-8/h5-6,11,20-21H,4,7,19H2,1-3H3/t11-/m0/s1. The fraction of sp³-hybridized carbons (Fsp3) is 0.571. The fourth-order valence-electron chi connectivity index (χ4n) is 1.68. The van der Waals surface area contributed by atoms with E-state index in [2.05, 4.69) is 5.32 Å². The molecule has 0 unspecified atom stereocenters. The molecular weight excluding hydrogens is 305 g/mol. The maximum Gasteiger partial charge on any atom is 0.418 e. The number of nitrogen functional groups attached to an aromatic ring is 1. The van der Waals surface area contributed by atoms with Gasteiger partial charge in [-0.3, -0.25) is 0 Å². The average Bonchev–Trinajstić information content (AvgIpc) is 2.37. The number of nitrogens with two attached hydrogens (primary N) is 1. The van der Waals surface area contributed by atoms with E-state index >= 15 is 0 Å². The van der Waals surface area contributed by atoms with Gasteiger partial charge in [-0.25, -0.2) is 0 Å². The van der Waals surface area contributed by atoms with Gasteiger partial charge >= 0.3 is 6.18 Å². The lowest BCUT2D eigenvalue weighted by Crippen LogP contribution is -2.40. The number of hydrogen-bond donors (Lipinski definition) is 3. The molecule has 0 saturated carbocycles. The largest absolute Gasteiger partial charge is 0.418 e. The summed E-state index contributed by atoms with van der Waals surface area (Å²) in [6, 6.07) is 2.10. The quantitative estimate of drug-likeness (QED) is 0.723. The van der Waals surface area contributed by atoms with Gasteiger partial charge in [-0.2, -0.15) is 13.2 Å². The molecule has 0 aliphatic rings. The van der Waals surface area contributed by atoms with Crippen molar-refractivity contribution in [2.75, 3.05) is 12.3 Å². The molecule has 0 radical (unpaired) electrons. The first-order chi connectivity index (χ1) is 9.48. The summed E-state index contributed by atoms with van der Waals surface area (Å²) in [4.78, 5) is 0. The minimum atomic E-state index is -4.61. The number of aliphatic hydroxyl groups excluding tert-OH is 1. The van der Waals surface area contributed by atoms with Crippen molar-refractivity contribution in [2.45, 2.75) is 45.0 Å². The van der Waals surface area contributed by atoms with Gasteiger partial charge in [0.15, 0.2) is 0 Å². The summed E-state index contributed by atoms with van der Waals surface area (Å²) < 4.78 is 38.6. The highest BCUT2D eigenvalue weighted by Gasteiger charge is 2.34. The number of alkyl halides is 3. The molecular formula is C14H20ClF3N2O. The Balaban J connectivity index is 3.01. The van der Waals surface area contributed by atoms with Crippen molar-refractivity contribution in [3.8, 4) is 0 Å². The Hall–Kier alpha value is -0.980. The van der Waals surface area contributed by atoms with Crippen LogP contribution in [0.5, 0.6) is 0 Å². The minimum Gasteiger partial charge on any atom is -0.397 e. The molecule has 1 rings (SSSR count). The van der Waals surface area contributed by atoms with E-state index in [1.165, 1.54) is 6.07 Å². The van der Waals surface area contributed by atoms with E-state index in [0.29, 0.717) is 0 Å². The van der Waals surface area contributed by atoms with Crippen LogP contribution in [0.15, 0.2) is 12.1 Å². The van der Waals surface area contributed by atoms with Crippen LogP contribution in [0, 0.1) is 0 Å². The van der Waals surface area contributed by atoms with Crippen LogP contribution in [0.2, 0.25) is 5.02 Å². The topological polar surface area (TPSA) is 58.3 Å². The summed E-state index contributed by atoms with van der Waals surface area (Å²) in [6.45, 7) is 5.98. The second-order valence-corrected chi connectivity index (χ2v) is 6.00. The van der Waals surface area contributed by atoms with E-state index in [1.54, 1.807) is 0 Å². The number of nitrogens with one attached hydrogen (secondary N) is 1. The molecule has 1 aromatic carbocycles. The fourth-order valence-corrected chi connectivity index (χ4v) is 1.91. The van der Waals surface area contributed by atoms with Gasteiger partial charge in [0.05, 0.1) is 22.4 Å². The predicted octanol–water partition coefficient (Wildman–Crippen LogP) is 3.75. The van der Waals surface area contributed by atoms with Gasteiger partial charge in [-0.15, -0.1) is 0 Å². The lowest BCUT2D eigenvalue weighted by atomic mass is 10.00. The number of halogens is 4. The number of aliphatic hydroxyl groups is 1. The van der Waals surface area contributed by atoms with Gasteiger partial charge < -0.3 is 16.2 Å². The Kier molecular flexibility index (Phi) is 5.52. The molecule has 120 valence electrons. The molecule has 1 aromatic rings. The molecule has 7 heteroatoms. The van der Waals surface area contributed by atoms with Gasteiger partial charge in [0.25, 0.3) is 0 Å². The maximum absolute atomic E-state index is 12.9. The van der Waals surface area contributed by atoms with Crippen LogP contribution < -0.4 is 11.1 Å². The van der Waals surface area contributed by atoms with Gasteiger partial charge in [0.1, 0.15) is 0 Å². The number of benzene rings is 1. The Morgan fingerprint density at radius 2 is 1.90 bits per heavy atom. The monoisotopic (exact) mass is 324 g/mol. The predicted molar refractivity (Wildman–Crippen MR) is 78.2 cm³/mol. The Labute approximate surface area is 127 Å². The molecule has 0 aliphatic heterocycles. The summed E-state index contributed by atoms with van der Waals surface area (Å²) in [5, 5.41) is 12.9. The van der Waals surface area contributed by atoms with Gasteiger partial charge in [0, 0.05) is 12.1 Å². The third-order valence-electron chi connectivity index (χ3n) is 3.50. The zero-order valence-corrected chi connectivity index (χ0v) is 12.9. The first-order valence-electron chi connectivity index (χ1n) is 6.57. The van der Waals surface area contributed by atoms with Crippen LogP contribution in [0.4, 0.5) is 18.9 Å². The second kappa shape index (κ2) is 6.42. The molecule has 0 heterocycles. The van der Waals surface area contributed by atoms with Crippen LogP contribution >= 0.6 is 11.6 Å². The summed E-state index contributed by atoms with van der Waals surface area (Å²) in [7, 11) is 0. The van der Waals surface area contributed by atoms with Crippen molar-refractivity contribution in [3.63, 3.8) is 0 Å². The molecule has 0 aliphatic carbocycles. The third-order valence-corrected chi connectivity index (χ3v) is 3.81. The van der Waals surface area contributed by atoms with E-state index in [4.69, 9.17) is 17.3 Å². The molecule has 0 amide bonds. The highest BCUT2D eigenvalue weighted by atomic mass is 35.5. The van der Waals surface area contributed by atoms with Crippen molar-refractivity contribution in [1.82, 2.24) is 5.32 Å². The van der Waals surface area contributed by atoms with Crippen LogP contribution in [0.1, 0.15) is 44.4 Å². The smallest absolute Gasteiger partial charge is 0.397 e. The number of anilines is 1. The molecule has 3 nitrogen and oxygen atoms in total. The van der Waals surface area contributed by atoms with Crippen LogP contribution in [-0.2, 0) is 6.18 Å². The van der Waals surface area contributed by atoms with E-state index in [0.717, 1.165) is 12.5 Å². The van der Waals surface area contributed by atoms with Gasteiger partial charge in [-0.05, 0) is 38.0 Å². The zero-order valence-electron chi connectivity index (χ0n) is 12.2. The number of rotatable bonds is 5. The first kappa shape index (κ1) is 18.1. The number of β-amino-alcohol motifs (C(OH)–C–C–N with tert-alkyl or cyclic N) is 1. The molecule has 4 N–H and O–H groups in total. The van der Waals surface area contributed by atoms with Crippen molar-refractivity contribution in [2.24, 2.45) is 0 Å². The lowest BCUT2D eigenvalue weighted by molar-refractivity contribution is -0.137. The zero-order chi connectivity index (χ0) is 16.4. The van der Waals surface area contributed by atoms with E-state index in [9.17, 15) is 18.3 Å². The normalized spacial score (nSPS) is 14.3. The molecule has 0 bridgehead atoms. The lowest BCUT2D eigenvalue weighted by Gasteiger charge is -2.26. The van der Waals surface area contributed by atoms with Crippen molar-refractivity contribution < 1.29 is 18.3 Å². The second-order valence-electron chi connectivity index (χ2n) is 5.60. The van der Waals surface area contributed by atoms with Gasteiger partial charge in [-0.1, -0.05) is 18.5 Å².